The van der Waals surface area contributed by atoms with E-state index in [0.717, 1.165) is 22.4 Å². The lowest BCUT2D eigenvalue weighted by Crippen LogP contribution is -2.15. The zero-order valence-electron chi connectivity index (χ0n) is 12.9. The molecule has 2 N–H and O–H groups in total. The van der Waals surface area contributed by atoms with E-state index in [2.05, 4.69) is 24.0 Å². The van der Waals surface area contributed by atoms with Crippen LogP contribution in [0.1, 0.15) is 34.5 Å². The van der Waals surface area contributed by atoms with Gasteiger partial charge < -0.3 is 5.73 Å². The van der Waals surface area contributed by atoms with Crippen molar-refractivity contribution < 1.29 is 4.79 Å². The van der Waals surface area contributed by atoms with Gasteiger partial charge in [-0.2, -0.15) is 0 Å². The van der Waals surface area contributed by atoms with Crippen LogP contribution in [0.5, 0.6) is 0 Å². The number of carbonyl (C=O) groups excluding carboxylic acids is 1. The standard InChI is InChI=1S/C20H18N2O/c1-14(15-8-4-2-5-9-15)19-18(16-10-6-3-7-11-16)17(20(21)23)12-13-22-19/h2-14H,1H3,(H2,21,23). The first-order valence-corrected chi connectivity index (χ1v) is 7.57. The normalized spacial score (nSPS) is 11.9. The molecule has 3 rings (SSSR count). The molecule has 114 valence electrons. The summed E-state index contributed by atoms with van der Waals surface area (Å²) >= 11 is 0. The number of nitrogens with zero attached hydrogens (tertiary/aromatic N) is 1. The van der Waals surface area contributed by atoms with Crippen molar-refractivity contribution in [3.63, 3.8) is 0 Å². The second-order valence-electron chi connectivity index (χ2n) is 5.48. The van der Waals surface area contributed by atoms with Gasteiger partial charge in [-0.1, -0.05) is 67.6 Å². The summed E-state index contributed by atoms with van der Waals surface area (Å²) in [6.45, 7) is 2.09. The number of aromatic nitrogens is 1. The van der Waals surface area contributed by atoms with Crippen molar-refractivity contribution in [2.24, 2.45) is 5.73 Å². The molecule has 0 saturated carbocycles. The highest BCUT2D eigenvalue weighted by molar-refractivity contribution is 6.00. The van der Waals surface area contributed by atoms with Gasteiger partial charge in [0.2, 0.25) is 5.91 Å². The maximum absolute atomic E-state index is 11.9. The maximum atomic E-state index is 11.9. The first-order valence-electron chi connectivity index (χ1n) is 7.57. The van der Waals surface area contributed by atoms with Gasteiger partial charge in [0.25, 0.3) is 0 Å². The van der Waals surface area contributed by atoms with Crippen LogP contribution >= 0.6 is 0 Å². The molecule has 1 heterocycles. The van der Waals surface area contributed by atoms with Gasteiger partial charge in [0.05, 0.1) is 11.3 Å². The predicted octanol–water partition coefficient (Wildman–Crippen LogP) is 4.00. The molecule has 0 aliphatic heterocycles. The smallest absolute Gasteiger partial charge is 0.249 e. The summed E-state index contributed by atoms with van der Waals surface area (Å²) in [5.41, 5.74) is 9.88. The highest BCUT2D eigenvalue weighted by Gasteiger charge is 2.20. The lowest BCUT2D eigenvalue weighted by atomic mass is 9.88. The van der Waals surface area contributed by atoms with Crippen LogP contribution in [0, 0.1) is 0 Å². The Morgan fingerprint density at radius 3 is 2.17 bits per heavy atom. The number of hydrogen-bond acceptors (Lipinski definition) is 2. The molecule has 3 heteroatoms. The second kappa shape index (κ2) is 6.44. The molecule has 3 aromatic rings. The van der Waals surface area contributed by atoms with Gasteiger partial charge in [0, 0.05) is 17.7 Å². The SMILES string of the molecule is CC(c1ccccc1)c1nccc(C(N)=O)c1-c1ccccc1. The van der Waals surface area contributed by atoms with Crippen molar-refractivity contribution in [3.8, 4) is 11.1 Å². The van der Waals surface area contributed by atoms with E-state index in [0.29, 0.717) is 5.56 Å². The van der Waals surface area contributed by atoms with Crippen molar-refractivity contribution in [2.45, 2.75) is 12.8 Å². The fourth-order valence-corrected chi connectivity index (χ4v) is 2.82. The Bertz CT molecular complexity index is 814. The minimum Gasteiger partial charge on any atom is -0.366 e. The number of hydrogen-bond donors (Lipinski definition) is 1. The quantitative estimate of drug-likeness (QED) is 0.792. The Kier molecular flexibility index (Phi) is 4.20. The van der Waals surface area contributed by atoms with E-state index in [-0.39, 0.29) is 5.92 Å². The molecule has 1 amide bonds. The van der Waals surface area contributed by atoms with Gasteiger partial charge in [0.1, 0.15) is 0 Å². The molecule has 0 radical (unpaired) electrons. The maximum Gasteiger partial charge on any atom is 0.249 e. The fourth-order valence-electron chi connectivity index (χ4n) is 2.82. The van der Waals surface area contributed by atoms with Crippen molar-refractivity contribution in [1.82, 2.24) is 4.98 Å². The number of amides is 1. The Morgan fingerprint density at radius 1 is 0.957 bits per heavy atom. The molecule has 0 fully saturated rings. The third-order valence-corrected chi connectivity index (χ3v) is 4.02. The molecule has 0 aliphatic rings. The van der Waals surface area contributed by atoms with E-state index in [9.17, 15) is 4.79 Å². The predicted molar refractivity (Wildman–Crippen MR) is 92.1 cm³/mol. The van der Waals surface area contributed by atoms with Crippen LogP contribution < -0.4 is 5.73 Å². The molecule has 0 spiro atoms. The molecule has 0 saturated heterocycles. The van der Waals surface area contributed by atoms with Crippen LogP contribution in [0.25, 0.3) is 11.1 Å². The van der Waals surface area contributed by atoms with Crippen molar-refractivity contribution in [1.29, 1.82) is 0 Å². The zero-order chi connectivity index (χ0) is 16.2. The van der Waals surface area contributed by atoms with Crippen LogP contribution in [0.3, 0.4) is 0 Å². The van der Waals surface area contributed by atoms with E-state index in [1.807, 2.05) is 48.5 Å². The number of carbonyl (C=O) groups is 1. The largest absolute Gasteiger partial charge is 0.366 e. The molecule has 0 aliphatic carbocycles. The van der Waals surface area contributed by atoms with E-state index in [4.69, 9.17) is 5.73 Å². The molecule has 1 unspecified atom stereocenters. The van der Waals surface area contributed by atoms with Gasteiger partial charge in [-0.25, -0.2) is 0 Å². The lowest BCUT2D eigenvalue weighted by Gasteiger charge is -2.18. The van der Waals surface area contributed by atoms with Gasteiger partial charge in [0.15, 0.2) is 0 Å². The molecular formula is C20H18N2O. The highest BCUT2D eigenvalue weighted by Crippen LogP contribution is 2.33. The third-order valence-electron chi connectivity index (χ3n) is 4.02. The van der Waals surface area contributed by atoms with E-state index < -0.39 is 5.91 Å². The summed E-state index contributed by atoms with van der Waals surface area (Å²) in [5, 5.41) is 0. The van der Waals surface area contributed by atoms with Gasteiger partial charge in [-0.15, -0.1) is 0 Å². The first-order chi connectivity index (χ1) is 11.2. The third kappa shape index (κ3) is 2.99. The van der Waals surface area contributed by atoms with Crippen LogP contribution in [0.15, 0.2) is 72.9 Å². The molecule has 3 nitrogen and oxygen atoms in total. The van der Waals surface area contributed by atoms with Crippen LogP contribution in [-0.2, 0) is 0 Å². The summed E-state index contributed by atoms with van der Waals surface area (Å²) in [5.74, 6) is -0.376. The molecule has 0 bridgehead atoms. The summed E-state index contributed by atoms with van der Waals surface area (Å²) in [7, 11) is 0. The minimum atomic E-state index is -0.437. The Hall–Kier alpha value is -2.94. The number of nitrogens with two attached hydrogens (primary N) is 1. The van der Waals surface area contributed by atoms with Crippen LogP contribution in [-0.4, -0.2) is 10.9 Å². The van der Waals surface area contributed by atoms with E-state index in [1.54, 1.807) is 12.3 Å². The average Bonchev–Trinajstić information content (AvgIpc) is 2.62. The number of primary amides is 1. The Labute approximate surface area is 135 Å². The summed E-state index contributed by atoms with van der Waals surface area (Å²) in [6, 6.07) is 21.6. The van der Waals surface area contributed by atoms with Gasteiger partial charge in [-0.3, -0.25) is 9.78 Å². The summed E-state index contributed by atoms with van der Waals surface area (Å²) < 4.78 is 0. The van der Waals surface area contributed by atoms with E-state index >= 15 is 0 Å². The number of benzene rings is 2. The molecule has 2 aromatic carbocycles. The monoisotopic (exact) mass is 302 g/mol. The zero-order valence-corrected chi connectivity index (χ0v) is 12.9. The van der Waals surface area contributed by atoms with Crippen molar-refractivity contribution in [2.75, 3.05) is 0 Å². The van der Waals surface area contributed by atoms with Crippen molar-refractivity contribution in [3.05, 3.63) is 89.7 Å². The average molecular weight is 302 g/mol. The van der Waals surface area contributed by atoms with Crippen LogP contribution in [0.4, 0.5) is 0 Å². The number of rotatable bonds is 4. The Morgan fingerprint density at radius 2 is 1.57 bits per heavy atom. The Balaban J connectivity index is 2.21. The molecule has 1 aromatic heterocycles. The topological polar surface area (TPSA) is 56.0 Å². The fraction of sp³-hybridized carbons (Fsp3) is 0.100. The number of pyridine rings is 1. The molecule has 1 atom stereocenters. The van der Waals surface area contributed by atoms with Crippen molar-refractivity contribution >= 4 is 5.91 Å². The molecule has 23 heavy (non-hydrogen) atoms. The second-order valence-corrected chi connectivity index (χ2v) is 5.48. The van der Waals surface area contributed by atoms with E-state index in [1.165, 1.54) is 0 Å². The van der Waals surface area contributed by atoms with Crippen LogP contribution in [0.2, 0.25) is 0 Å². The molecular weight excluding hydrogens is 284 g/mol. The minimum absolute atomic E-state index is 0.0608. The van der Waals surface area contributed by atoms with Gasteiger partial charge >= 0.3 is 0 Å². The first kappa shape index (κ1) is 15.0. The highest BCUT2D eigenvalue weighted by atomic mass is 16.1. The summed E-state index contributed by atoms with van der Waals surface area (Å²) in [6.07, 6.45) is 1.65. The lowest BCUT2D eigenvalue weighted by molar-refractivity contribution is 0.100. The summed E-state index contributed by atoms with van der Waals surface area (Å²) in [4.78, 5) is 16.5. The van der Waals surface area contributed by atoms with Gasteiger partial charge in [-0.05, 0) is 17.2 Å².